The predicted octanol–water partition coefficient (Wildman–Crippen LogP) is 3.60. The van der Waals surface area contributed by atoms with Gasteiger partial charge in [0.05, 0.1) is 6.61 Å². The van der Waals surface area contributed by atoms with Crippen LogP contribution in [0.4, 0.5) is 0 Å². The summed E-state index contributed by atoms with van der Waals surface area (Å²) in [7, 11) is 0. The summed E-state index contributed by atoms with van der Waals surface area (Å²) < 4.78 is 5.78. The van der Waals surface area contributed by atoms with Gasteiger partial charge in [-0.25, -0.2) is 0 Å². The highest BCUT2D eigenvalue weighted by atomic mass is 32.1. The fourth-order valence-corrected chi connectivity index (χ4v) is 3.92. The van der Waals surface area contributed by atoms with Crippen molar-refractivity contribution < 1.29 is 9.53 Å². The van der Waals surface area contributed by atoms with Crippen molar-refractivity contribution in [2.45, 2.75) is 26.2 Å². The SMILES string of the molecule is Cc1ccccc1OCCCC(=O)N1CCN(CCc2cccs2)CC1. The number of benzene rings is 1. The van der Waals surface area contributed by atoms with Crippen molar-refractivity contribution in [3.8, 4) is 5.75 Å². The molecule has 3 rings (SSSR count). The molecule has 1 aromatic heterocycles. The monoisotopic (exact) mass is 372 g/mol. The van der Waals surface area contributed by atoms with Crippen LogP contribution in [0.1, 0.15) is 23.3 Å². The van der Waals surface area contributed by atoms with Crippen LogP contribution in [0, 0.1) is 6.92 Å². The van der Waals surface area contributed by atoms with E-state index in [-0.39, 0.29) is 5.91 Å². The van der Waals surface area contributed by atoms with E-state index in [4.69, 9.17) is 4.74 Å². The average Bonchev–Trinajstić information content (AvgIpc) is 3.19. The zero-order chi connectivity index (χ0) is 18.2. The molecular formula is C21H28N2O2S. The molecule has 1 aromatic carbocycles. The van der Waals surface area contributed by atoms with E-state index in [0.717, 1.165) is 56.9 Å². The lowest BCUT2D eigenvalue weighted by Crippen LogP contribution is -2.49. The number of thiophene rings is 1. The van der Waals surface area contributed by atoms with Gasteiger partial charge in [0.15, 0.2) is 0 Å². The van der Waals surface area contributed by atoms with Gasteiger partial charge in [-0.1, -0.05) is 24.3 Å². The number of rotatable bonds is 8. The van der Waals surface area contributed by atoms with Crippen molar-refractivity contribution in [3.05, 3.63) is 52.2 Å². The maximum atomic E-state index is 12.4. The molecule has 0 aliphatic carbocycles. The van der Waals surface area contributed by atoms with E-state index in [0.29, 0.717) is 13.0 Å². The third-order valence-electron chi connectivity index (χ3n) is 4.87. The second-order valence-corrected chi connectivity index (χ2v) is 7.80. The lowest BCUT2D eigenvalue weighted by atomic mass is 10.2. The highest BCUT2D eigenvalue weighted by Crippen LogP contribution is 2.16. The Bertz CT molecular complexity index is 679. The first-order chi connectivity index (χ1) is 12.7. The van der Waals surface area contributed by atoms with E-state index in [9.17, 15) is 4.79 Å². The van der Waals surface area contributed by atoms with E-state index < -0.39 is 0 Å². The van der Waals surface area contributed by atoms with E-state index >= 15 is 0 Å². The van der Waals surface area contributed by atoms with Crippen molar-refractivity contribution in [1.82, 2.24) is 9.80 Å². The smallest absolute Gasteiger partial charge is 0.222 e. The molecule has 0 atom stereocenters. The maximum absolute atomic E-state index is 12.4. The molecule has 140 valence electrons. The van der Waals surface area contributed by atoms with Gasteiger partial charge in [0.1, 0.15) is 5.75 Å². The summed E-state index contributed by atoms with van der Waals surface area (Å²) in [5.74, 6) is 1.18. The number of carbonyl (C=O) groups excluding carboxylic acids is 1. The molecule has 0 radical (unpaired) electrons. The fraction of sp³-hybridized carbons (Fsp3) is 0.476. The first-order valence-electron chi connectivity index (χ1n) is 9.43. The summed E-state index contributed by atoms with van der Waals surface area (Å²) in [6.07, 6.45) is 2.45. The van der Waals surface area contributed by atoms with Crippen molar-refractivity contribution in [2.75, 3.05) is 39.3 Å². The van der Waals surface area contributed by atoms with Gasteiger partial charge in [-0.05, 0) is 42.8 Å². The second-order valence-electron chi connectivity index (χ2n) is 6.77. The Kier molecular flexibility index (Phi) is 7.09. The van der Waals surface area contributed by atoms with Crippen LogP contribution in [0.15, 0.2) is 41.8 Å². The Morgan fingerprint density at radius 1 is 1.12 bits per heavy atom. The summed E-state index contributed by atoms with van der Waals surface area (Å²) in [5, 5.41) is 2.13. The highest BCUT2D eigenvalue weighted by molar-refractivity contribution is 7.09. The lowest BCUT2D eigenvalue weighted by molar-refractivity contribution is -0.133. The van der Waals surface area contributed by atoms with Gasteiger partial charge in [0, 0.05) is 44.0 Å². The van der Waals surface area contributed by atoms with E-state index in [1.54, 1.807) is 0 Å². The third-order valence-corrected chi connectivity index (χ3v) is 5.80. The van der Waals surface area contributed by atoms with Crippen molar-refractivity contribution in [1.29, 1.82) is 0 Å². The Balaban J connectivity index is 1.30. The first kappa shape index (κ1) is 18.9. The molecule has 1 amide bonds. The minimum Gasteiger partial charge on any atom is -0.493 e. The highest BCUT2D eigenvalue weighted by Gasteiger charge is 2.20. The van der Waals surface area contributed by atoms with Gasteiger partial charge in [0.2, 0.25) is 5.91 Å². The van der Waals surface area contributed by atoms with Crippen molar-refractivity contribution in [3.63, 3.8) is 0 Å². The molecule has 1 fully saturated rings. The largest absolute Gasteiger partial charge is 0.493 e. The van der Waals surface area contributed by atoms with Crippen LogP contribution < -0.4 is 4.74 Å². The van der Waals surface area contributed by atoms with E-state index in [2.05, 4.69) is 22.4 Å². The number of para-hydroxylation sites is 1. The van der Waals surface area contributed by atoms with Crippen LogP contribution in [0.3, 0.4) is 0 Å². The van der Waals surface area contributed by atoms with Crippen LogP contribution in [0.2, 0.25) is 0 Å². The molecule has 2 aromatic rings. The normalized spacial score (nSPS) is 15.2. The molecule has 4 nitrogen and oxygen atoms in total. The summed E-state index contributed by atoms with van der Waals surface area (Å²) in [4.78, 5) is 18.3. The molecule has 0 bridgehead atoms. The van der Waals surface area contributed by atoms with Crippen LogP contribution in [0.5, 0.6) is 5.75 Å². The molecule has 26 heavy (non-hydrogen) atoms. The number of amides is 1. The molecular weight excluding hydrogens is 344 g/mol. The zero-order valence-electron chi connectivity index (χ0n) is 15.5. The fourth-order valence-electron chi connectivity index (χ4n) is 3.23. The van der Waals surface area contributed by atoms with Gasteiger partial charge in [-0.15, -0.1) is 11.3 Å². The molecule has 5 heteroatoms. The third kappa shape index (κ3) is 5.58. The quantitative estimate of drug-likeness (QED) is 0.664. The zero-order valence-corrected chi connectivity index (χ0v) is 16.3. The first-order valence-corrected chi connectivity index (χ1v) is 10.3. The Morgan fingerprint density at radius 3 is 2.65 bits per heavy atom. The number of aryl methyl sites for hydroxylation is 1. The maximum Gasteiger partial charge on any atom is 0.222 e. The summed E-state index contributed by atoms with van der Waals surface area (Å²) in [6, 6.07) is 12.3. The van der Waals surface area contributed by atoms with Gasteiger partial charge < -0.3 is 9.64 Å². The minimum atomic E-state index is 0.260. The van der Waals surface area contributed by atoms with Gasteiger partial charge in [0.25, 0.3) is 0 Å². The lowest BCUT2D eigenvalue weighted by Gasteiger charge is -2.34. The minimum absolute atomic E-state index is 0.260. The molecule has 1 saturated heterocycles. The van der Waals surface area contributed by atoms with Crippen molar-refractivity contribution >= 4 is 17.2 Å². The van der Waals surface area contributed by atoms with Crippen LogP contribution in [0.25, 0.3) is 0 Å². The summed E-state index contributed by atoms with van der Waals surface area (Å²) in [6.45, 7) is 7.39. The average molecular weight is 373 g/mol. The van der Waals surface area contributed by atoms with E-state index in [1.165, 1.54) is 4.88 Å². The number of nitrogens with zero attached hydrogens (tertiary/aromatic N) is 2. The summed E-state index contributed by atoms with van der Waals surface area (Å²) >= 11 is 1.82. The second kappa shape index (κ2) is 9.74. The summed E-state index contributed by atoms with van der Waals surface area (Å²) in [5.41, 5.74) is 1.14. The number of hydrogen-bond donors (Lipinski definition) is 0. The standard InChI is InChI=1S/C21H28N2O2S/c1-18-6-2-3-8-20(18)25-16-4-9-21(24)23-14-12-22(13-15-23)11-10-19-7-5-17-26-19/h2-3,5-8,17H,4,9-16H2,1H3. The molecule has 0 N–H and O–H groups in total. The molecule has 2 heterocycles. The molecule has 0 spiro atoms. The molecule has 1 aliphatic rings. The molecule has 0 unspecified atom stereocenters. The van der Waals surface area contributed by atoms with Gasteiger partial charge in [-0.2, -0.15) is 0 Å². The van der Waals surface area contributed by atoms with E-state index in [1.807, 2.05) is 47.4 Å². The van der Waals surface area contributed by atoms with Gasteiger partial charge in [-0.3, -0.25) is 9.69 Å². The Hall–Kier alpha value is -1.85. The topological polar surface area (TPSA) is 32.8 Å². The predicted molar refractivity (Wildman–Crippen MR) is 107 cm³/mol. The number of hydrogen-bond acceptors (Lipinski definition) is 4. The number of ether oxygens (including phenoxy) is 1. The van der Waals surface area contributed by atoms with Gasteiger partial charge >= 0.3 is 0 Å². The van der Waals surface area contributed by atoms with Crippen molar-refractivity contribution in [2.24, 2.45) is 0 Å². The molecule has 1 aliphatic heterocycles. The Labute approximate surface area is 160 Å². The Morgan fingerprint density at radius 2 is 1.92 bits per heavy atom. The van der Waals surface area contributed by atoms with Crippen LogP contribution in [-0.4, -0.2) is 55.0 Å². The number of piperazine rings is 1. The molecule has 0 saturated carbocycles. The number of carbonyl (C=O) groups is 1. The van der Waals surface area contributed by atoms with Crippen LogP contribution in [-0.2, 0) is 11.2 Å². The van der Waals surface area contributed by atoms with Crippen LogP contribution >= 0.6 is 11.3 Å².